The molecule has 144 valence electrons. The number of methoxy groups -OCH3 is 2. The standard InChI is InChI=1S/C20H26N4O3/c1-24(2)14-7-5-13(6-8-14)21-20(25)18-12-17(22-23-18)16-10-9-15(26-3)11-19(16)27-4/h5-11,17-18,22-23H,12H2,1-4H3,(H,21,25). The summed E-state index contributed by atoms with van der Waals surface area (Å²) in [5.74, 6) is 1.39. The maximum atomic E-state index is 12.6. The van der Waals surface area contributed by atoms with Crippen LogP contribution in [0.3, 0.4) is 0 Å². The van der Waals surface area contributed by atoms with Crippen LogP contribution in [0, 0.1) is 0 Å². The molecule has 0 saturated carbocycles. The first-order valence-corrected chi connectivity index (χ1v) is 8.83. The number of carbonyl (C=O) groups is 1. The molecule has 2 aromatic carbocycles. The zero-order chi connectivity index (χ0) is 19.4. The molecule has 0 spiro atoms. The third-order valence-corrected chi connectivity index (χ3v) is 4.69. The molecule has 0 bridgehead atoms. The number of carbonyl (C=O) groups excluding carboxylic acids is 1. The average Bonchev–Trinajstić information content (AvgIpc) is 3.18. The highest BCUT2D eigenvalue weighted by Gasteiger charge is 2.31. The van der Waals surface area contributed by atoms with Gasteiger partial charge < -0.3 is 19.7 Å². The molecule has 1 aliphatic heterocycles. The molecular weight excluding hydrogens is 344 g/mol. The van der Waals surface area contributed by atoms with Crippen LogP contribution in [0.4, 0.5) is 11.4 Å². The highest BCUT2D eigenvalue weighted by Crippen LogP contribution is 2.33. The maximum absolute atomic E-state index is 12.6. The van der Waals surface area contributed by atoms with Gasteiger partial charge in [0.25, 0.3) is 0 Å². The Hall–Kier alpha value is -2.77. The zero-order valence-electron chi connectivity index (χ0n) is 16.1. The topological polar surface area (TPSA) is 74.9 Å². The van der Waals surface area contributed by atoms with Gasteiger partial charge in [-0.05, 0) is 36.8 Å². The second-order valence-electron chi connectivity index (χ2n) is 6.67. The number of nitrogens with zero attached hydrogens (tertiary/aromatic N) is 1. The number of benzene rings is 2. The third kappa shape index (κ3) is 4.32. The number of hydrazine groups is 1. The molecule has 0 radical (unpaired) electrons. The van der Waals surface area contributed by atoms with Crippen molar-refractivity contribution in [2.24, 2.45) is 0 Å². The average molecular weight is 370 g/mol. The van der Waals surface area contributed by atoms with Gasteiger partial charge in [0.05, 0.1) is 20.3 Å². The van der Waals surface area contributed by atoms with Crippen molar-refractivity contribution in [1.82, 2.24) is 10.9 Å². The van der Waals surface area contributed by atoms with E-state index in [4.69, 9.17) is 9.47 Å². The van der Waals surface area contributed by atoms with E-state index in [2.05, 4.69) is 16.2 Å². The van der Waals surface area contributed by atoms with E-state index in [0.717, 1.165) is 28.4 Å². The minimum atomic E-state index is -0.338. The van der Waals surface area contributed by atoms with Crippen molar-refractivity contribution >= 4 is 17.3 Å². The van der Waals surface area contributed by atoms with Crippen LogP contribution in [0.25, 0.3) is 0 Å². The molecule has 1 amide bonds. The summed E-state index contributed by atoms with van der Waals surface area (Å²) in [6.45, 7) is 0. The van der Waals surface area contributed by atoms with Gasteiger partial charge in [0, 0.05) is 37.1 Å². The first kappa shape index (κ1) is 19.0. The molecule has 2 unspecified atom stereocenters. The predicted octanol–water partition coefficient (Wildman–Crippen LogP) is 2.32. The molecule has 0 aliphatic carbocycles. The molecule has 1 fully saturated rings. The summed E-state index contributed by atoms with van der Waals surface area (Å²) in [6, 6.07) is 13.1. The number of anilines is 2. The summed E-state index contributed by atoms with van der Waals surface area (Å²) >= 11 is 0. The number of ether oxygens (including phenoxy) is 2. The highest BCUT2D eigenvalue weighted by molar-refractivity contribution is 5.95. The number of nitrogens with one attached hydrogen (secondary N) is 3. The van der Waals surface area contributed by atoms with E-state index in [1.165, 1.54) is 0 Å². The van der Waals surface area contributed by atoms with E-state index in [1.807, 2.05) is 61.5 Å². The van der Waals surface area contributed by atoms with E-state index >= 15 is 0 Å². The van der Waals surface area contributed by atoms with Gasteiger partial charge in [-0.15, -0.1) is 0 Å². The molecule has 2 aromatic rings. The van der Waals surface area contributed by atoms with E-state index in [1.54, 1.807) is 14.2 Å². The molecule has 7 heteroatoms. The summed E-state index contributed by atoms with van der Waals surface area (Å²) in [4.78, 5) is 14.6. The van der Waals surface area contributed by atoms with Crippen LogP contribution in [0.5, 0.6) is 11.5 Å². The van der Waals surface area contributed by atoms with Crippen molar-refractivity contribution in [3.05, 3.63) is 48.0 Å². The zero-order valence-corrected chi connectivity index (χ0v) is 16.1. The van der Waals surface area contributed by atoms with Gasteiger partial charge in [0.1, 0.15) is 17.5 Å². The fraction of sp³-hybridized carbons (Fsp3) is 0.350. The normalized spacial score (nSPS) is 18.8. The molecule has 7 nitrogen and oxygen atoms in total. The van der Waals surface area contributed by atoms with Gasteiger partial charge in [0.2, 0.25) is 5.91 Å². The lowest BCUT2D eigenvalue weighted by Gasteiger charge is -2.15. The van der Waals surface area contributed by atoms with Crippen LogP contribution in [-0.2, 0) is 4.79 Å². The Morgan fingerprint density at radius 2 is 1.81 bits per heavy atom. The third-order valence-electron chi connectivity index (χ3n) is 4.69. The van der Waals surface area contributed by atoms with Crippen LogP contribution < -0.4 is 30.5 Å². The molecule has 1 heterocycles. The van der Waals surface area contributed by atoms with Crippen LogP contribution in [0.1, 0.15) is 18.0 Å². The lowest BCUT2D eigenvalue weighted by Crippen LogP contribution is -2.39. The van der Waals surface area contributed by atoms with Gasteiger partial charge >= 0.3 is 0 Å². The summed E-state index contributed by atoms with van der Waals surface area (Å²) in [5.41, 5.74) is 9.11. The van der Waals surface area contributed by atoms with Crippen LogP contribution in [-0.4, -0.2) is 40.3 Å². The quantitative estimate of drug-likeness (QED) is 0.725. The highest BCUT2D eigenvalue weighted by atomic mass is 16.5. The minimum absolute atomic E-state index is 0.0299. The Bertz CT molecular complexity index is 792. The van der Waals surface area contributed by atoms with Gasteiger partial charge in [-0.25, -0.2) is 10.9 Å². The van der Waals surface area contributed by atoms with Crippen LogP contribution in [0.15, 0.2) is 42.5 Å². The van der Waals surface area contributed by atoms with Crippen molar-refractivity contribution in [2.75, 3.05) is 38.5 Å². The SMILES string of the molecule is COc1ccc(C2CC(C(=O)Nc3ccc(N(C)C)cc3)NN2)c(OC)c1. The summed E-state index contributed by atoms with van der Waals surface area (Å²) in [7, 11) is 7.21. The van der Waals surface area contributed by atoms with E-state index in [-0.39, 0.29) is 18.0 Å². The van der Waals surface area contributed by atoms with Crippen molar-refractivity contribution < 1.29 is 14.3 Å². The number of rotatable bonds is 6. The number of hydrogen-bond donors (Lipinski definition) is 3. The monoisotopic (exact) mass is 370 g/mol. The molecule has 1 saturated heterocycles. The van der Waals surface area contributed by atoms with Crippen molar-refractivity contribution in [3.8, 4) is 11.5 Å². The van der Waals surface area contributed by atoms with Gasteiger partial charge in [-0.2, -0.15) is 0 Å². The predicted molar refractivity (Wildman–Crippen MR) is 106 cm³/mol. The minimum Gasteiger partial charge on any atom is -0.497 e. The fourth-order valence-corrected chi connectivity index (χ4v) is 3.11. The van der Waals surface area contributed by atoms with E-state index in [0.29, 0.717) is 6.42 Å². The first-order valence-electron chi connectivity index (χ1n) is 8.83. The molecule has 3 N–H and O–H groups in total. The van der Waals surface area contributed by atoms with E-state index < -0.39 is 0 Å². The summed E-state index contributed by atoms with van der Waals surface area (Å²) < 4.78 is 10.7. The fourth-order valence-electron chi connectivity index (χ4n) is 3.11. The Morgan fingerprint density at radius 1 is 1.07 bits per heavy atom. The van der Waals surface area contributed by atoms with Gasteiger partial charge in [-0.3, -0.25) is 4.79 Å². The van der Waals surface area contributed by atoms with Gasteiger partial charge in [-0.1, -0.05) is 6.07 Å². The van der Waals surface area contributed by atoms with Crippen molar-refractivity contribution in [3.63, 3.8) is 0 Å². The Morgan fingerprint density at radius 3 is 2.44 bits per heavy atom. The van der Waals surface area contributed by atoms with Crippen molar-refractivity contribution in [1.29, 1.82) is 0 Å². The lowest BCUT2D eigenvalue weighted by atomic mass is 10.0. The smallest absolute Gasteiger partial charge is 0.242 e. The van der Waals surface area contributed by atoms with Crippen LogP contribution >= 0.6 is 0 Å². The van der Waals surface area contributed by atoms with Crippen molar-refractivity contribution in [2.45, 2.75) is 18.5 Å². The molecule has 0 aromatic heterocycles. The Kier molecular flexibility index (Phi) is 5.83. The van der Waals surface area contributed by atoms with Crippen LogP contribution in [0.2, 0.25) is 0 Å². The summed E-state index contributed by atoms with van der Waals surface area (Å²) in [6.07, 6.45) is 0.615. The molecule has 2 atom stereocenters. The number of amides is 1. The number of hydrogen-bond acceptors (Lipinski definition) is 6. The second-order valence-corrected chi connectivity index (χ2v) is 6.67. The van der Waals surface area contributed by atoms with E-state index in [9.17, 15) is 4.79 Å². The maximum Gasteiger partial charge on any atom is 0.242 e. The molecular formula is C20H26N4O3. The first-order chi connectivity index (χ1) is 13.0. The molecule has 3 rings (SSSR count). The largest absolute Gasteiger partial charge is 0.497 e. The summed E-state index contributed by atoms with van der Waals surface area (Å²) in [5, 5.41) is 2.96. The Balaban J connectivity index is 1.64. The second kappa shape index (κ2) is 8.28. The Labute approximate surface area is 159 Å². The molecule has 1 aliphatic rings. The lowest BCUT2D eigenvalue weighted by molar-refractivity contribution is -0.117. The molecule has 27 heavy (non-hydrogen) atoms. The van der Waals surface area contributed by atoms with Gasteiger partial charge in [0.15, 0.2) is 0 Å².